The number of hydrogen-bond donors (Lipinski definition) is 2. The third kappa shape index (κ3) is 4.18. The molecule has 2 aromatic rings. The van der Waals surface area contributed by atoms with E-state index >= 15 is 0 Å². The van der Waals surface area contributed by atoms with Crippen LogP contribution in [0.3, 0.4) is 0 Å². The molecule has 0 aliphatic rings. The average Bonchev–Trinajstić information content (AvgIpc) is 2.51. The van der Waals surface area contributed by atoms with Crippen LogP contribution in [0.25, 0.3) is 0 Å². The van der Waals surface area contributed by atoms with Crippen LogP contribution in [0.4, 0.5) is 5.69 Å². The maximum atomic E-state index is 12.4. The summed E-state index contributed by atoms with van der Waals surface area (Å²) >= 11 is 0. The summed E-state index contributed by atoms with van der Waals surface area (Å²) in [5.74, 6) is -0.0171. The highest BCUT2D eigenvalue weighted by molar-refractivity contribution is 5.95. The number of nitrogens with one attached hydrogen (secondary N) is 2. The van der Waals surface area contributed by atoms with Gasteiger partial charge in [-0.1, -0.05) is 42.5 Å². The molecular formula is C19H24N2O. The predicted molar refractivity (Wildman–Crippen MR) is 92.0 cm³/mol. The summed E-state index contributed by atoms with van der Waals surface area (Å²) in [4.78, 5) is 12.4. The zero-order valence-corrected chi connectivity index (χ0v) is 13.7. The minimum atomic E-state index is -0.268. The molecule has 0 aromatic heterocycles. The molecule has 2 aromatic carbocycles. The molecule has 0 unspecified atom stereocenters. The zero-order chi connectivity index (χ0) is 16.1. The van der Waals surface area contributed by atoms with E-state index in [9.17, 15) is 4.79 Å². The van der Waals surface area contributed by atoms with Gasteiger partial charge in [0, 0.05) is 11.7 Å². The Morgan fingerprint density at radius 2 is 1.68 bits per heavy atom. The van der Waals surface area contributed by atoms with Crippen LogP contribution < -0.4 is 10.6 Å². The van der Waals surface area contributed by atoms with Crippen molar-refractivity contribution in [3.05, 3.63) is 65.2 Å². The SMILES string of the molecule is Cc1ccc(C)c(NC(=O)[C@H](C)N[C@H](C)c2ccccc2)c1. The first-order chi connectivity index (χ1) is 10.5. The van der Waals surface area contributed by atoms with Crippen molar-refractivity contribution < 1.29 is 4.79 Å². The standard InChI is InChI=1S/C19H24N2O/c1-13-10-11-14(2)18(12-13)21-19(22)16(4)20-15(3)17-8-6-5-7-9-17/h5-12,15-16,20H,1-4H3,(H,21,22)/t15-,16+/m1/s1. The summed E-state index contributed by atoms with van der Waals surface area (Å²) < 4.78 is 0. The van der Waals surface area contributed by atoms with Crippen molar-refractivity contribution in [3.8, 4) is 0 Å². The quantitative estimate of drug-likeness (QED) is 0.876. The Balaban J connectivity index is 1.99. The van der Waals surface area contributed by atoms with Crippen LogP contribution in [0, 0.1) is 13.8 Å². The van der Waals surface area contributed by atoms with E-state index in [-0.39, 0.29) is 18.0 Å². The lowest BCUT2D eigenvalue weighted by Gasteiger charge is -2.20. The lowest BCUT2D eigenvalue weighted by molar-refractivity contribution is -0.117. The van der Waals surface area contributed by atoms with Gasteiger partial charge in [-0.3, -0.25) is 10.1 Å². The van der Waals surface area contributed by atoms with Gasteiger partial charge in [0.15, 0.2) is 0 Å². The number of rotatable bonds is 5. The van der Waals surface area contributed by atoms with Crippen LogP contribution in [0.2, 0.25) is 0 Å². The Bertz CT molecular complexity index is 637. The van der Waals surface area contributed by atoms with E-state index in [1.54, 1.807) is 0 Å². The lowest BCUT2D eigenvalue weighted by atomic mass is 10.1. The Hall–Kier alpha value is -2.13. The molecule has 3 heteroatoms. The van der Waals surface area contributed by atoms with Crippen molar-refractivity contribution in [3.63, 3.8) is 0 Å². The second-order valence-electron chi connectivity index (χ2n) is 5.83. The number of carbonyl (C=O) groups excluding carboxylic acids is 1. The molecule has 0 spiro atoms. The third-order valence-corrected chi connectivity index (χ3v) is 3.84. The Morgan fingerprint density at radius 3 is 2.36 bits per heavy atom. The maximum absolute atomic E-state index is 12.4. The number of hydrogen-bond acceptors (Lipinski definition) is 2. The van der Waals surface area contributed by atoms with E-state index in [0.29, 0.717) is 0 Å². The minimum Gasteiger partial charge on any atom is -0.324 e. The van der Waals surface area contributed by atoms with Crippen molar-refractivity contribution in [2.75, 3.05) is 5.32 Å². The number of carbonyl (C=O) groups is 1. The second-order valence-corrected chi connectivity index (χ2v) is 5.83. The van der Waals surface area contributed by atoms with Gasteiger partial charge in [-0.15, -0.1) is 0 Å². The summed E-state index contributed by atoms with van der Waals surface area (Å²) in [6.45, 7) is 7.98. The van der Waals surface area contributed by atoms with Crippen molar-refractivity contribution in [1.82, 2.24) is 5.32 Å². The zero-order valence-electron chi connectivity index (χ0n) is 13.7. The summed E-state index contributed by atoms with van der Waals surface area (Å²) in [7, 11) is 0. The molecule has 2 atom stereocenters. The van der Waals surface area contributed by atoms with Gasteiger partial charge >= 0.3 is 0 Å². The molecule has 22 heavy (non-hydrogen) atoms. The van der Waals surface area contributed by atoms with Crippen molar-refractivity contribution in [2.24, 2.45) is 0 Å². The molecule has 0 fully saturated rings. The monoisotopic (exact) mass is 296 g/mol. The molecule has 0 bridgehead atoms. The number of anilines is 1. The van der Waals surface area contributed by atoms with E-state index in [1.165, 1.54) is 5.56 Å². The highest BCUT2D eigenvalue weighted by Crippen LogP contribution is 2.17. The van der Waals surface area contributed by atoms with E-state index in [2.05, 4.69) is 29.7 Å². The minimum absolute atomic E-state index is 0.0171. The third-order valence-electron chi connectivity index (χ3n) is 3.84. The molecule has 116 valence electrons. The highest BCUT2D eigenvalue weighted by atomic mass is 16.2. The second kappa shape index (κ2) is 7.23. The maximum Gasteiger partial charge on any atom is 0.241 e. The van der Waals surface area contributed by atoms with Crippen LogP contribution in [0.5, 0.6) is 0 Å². The van der Waals surface area contributed by atoms with Gasteiger partial charge in [0.05, 0.1) is 6.04 Å². The normalized spacial score (nSPS) is 13.5. The number of amides is 1. The molecular weight excluding hydrogens is 272 g/mol. The first kappa shape index (κ1) is 16.2. The molecule has 2 N–H and O–H groups in total. The van der Waals surface area contributed by atoms with E-state index in [1.807, 2.05) is 57.2 Å². The van der Waals surface area contributed by atoms with E-state index < -0.39 is 0 Å². The fourth-order valence-corrected chi connectivity index (χ4v) is 2.40. The van der Waals surface area contributed by atoms with Gasteiger partial charge in [0.25, 0.3) is 0 Å². The van der Waals surface area contributed by atoms with Crippen LogP contribution >= 0.6 is 0 Å². The summed E-state index contributed by atoms with van der Waals surface area (Å²) in [5, 5.41) is 6.34. The molecule has 0 radical (unpaired) electrons. The Morgan fingerprint density at radius 1 is 1.00 bits per heavy atom. The molecule has 0 heterocycles. The van der Waals surface area contributed by atoms with Gasteiger partial charge in [-0.2, -0.15) is 0 Å². The first-order valence-electron chi connectivity index (χ1n) is 7.66. The smallest absolute Gasteiger partial charge is 0.241 e. The summed E-state index contributed by atoms with van der Waals surface area (Å²) in [5.41, 5.74) is 4.27. The molecule has 1 amide bonds. The van der Waals surface area contributed by atoms with Gasteiger partial charge in [0.2, 0.25) is 5.91 Å². The molecule has 0 aliphatic carbocycles. The van der Waals surface area contributed by atoms with Crippen LogP contribution in [0.15, 0.2) is 48.5 Å². The summed E-state index contributed by atoms with van der Waals surface area (Å²) in [6.07, 6.45) is 0. The molecule has 3 nitrogen and oxygen atoms in total. The van der Waals surface area contributed by atoms with Crippen LogP contribution in [0.1, 0.15) is 36.6 Å². The Kier molecular flexibility index (Phi) is 5.34. The molecule has 0 saturated carbocycles. The Labute approximate surface area is 132 Å². The van der Waals surface area contributed by atoms with Gasteiger partial charge in [0.1, 0.15) is 0 Å². The summed E-state index contributed by atoms with van der Waals surface area (Å²) in [6, 6.07) is 16.1. The van der Waals surface area contributed by atoms with Crippen LogP contribution in [-0.4, -0.2) is 11.9 Å². The first-order valence-corrected chi connectivity index (χ1v) is 7.66. The predicted octanol–water partition coefficient (Wildman–Crippen LogP) is 3.98. The van der Waals surface area contributed by atoms with E-state index in [4.69, 9.17) is 0 Å². The van der Waals surface area contributed by atoms with Crippen LogP contribution in [-0.2, 0) is 4.79 Å². The van der Waals surface area contributed by atoms with Gasteiger partial charge < -0.3 is 5.32 Å². The van der Waals surface area contributed by atoms with Gasteiger partial charge in [-0.25, -0.2) is 0 Å². The van der Waals surface area contributed by atoms with Crippen molar-refractivity contribution in [1.29, 1.82) is 0 Å². The van der Waals surface area contributed by atoms with Crippen molar-refractivity contribution >= 4 is 11.6 Å². The van der Waals surface area contributed by atoms with Crippen molar-refractivity contribution in [2.45, 2.75) is 39.8 Å². The van der Waals surface area contributed by atoms with Gasteiger partial charge in [-0.05, 0) is 50.5 Å². The topological polar surface area (TPSA) is 41.1 Å². The number of aryl methyl sites for hydroxylation is 2. The highest BCUT2D eigenvalue weighted by Gasteiger charge is 2.16. The molecule has 0 saturated heterocycles. The molecule has 0 aliphatic heterocycles. The fourth-order valence-electron chi connectivity index (χ4n) is 2.40. The fraction of sp³-hybridized carbons (Fsp3) is 0.316. The average molecular weight is 296 g/mol. The molecule has 2 rings (SSSR count). The van der Waals surface area contributed by atoms with E-state index in [0.717, 1.165) is 16.8 Å². The lowest BCUT2D eigenvalue weighted by Crippen LogP contribution is -2.39. The number of benzene rings is 2. The largest absolute Gasteiger partial charge is 0.324 e.